The lowest BCUT2D eigenvalue weighted by Gasteiger charge is -2.21. The summed E-state index contributed by atoms with van der Waals surface area (Å²) in [6.45, 7) is 2.64. The Labute approximate surface area is 201 Å². The van der Waals surface area contributed by atoms with Crippen LogP contribution in [0.4, 0.5) is 0 Å². The zero-order chi connectivity index (χ0) is 23.8. The van der Waals surface area contributed by atoms with Crippen LogP contribution in [-0.4, -0.2) is 63.4 Å². The quantitative estimate of drug-likeness (QED) is 0.588. The van der Waals surface area contributed by atoms with Gasteiger partial charge in [0.25, 0.3) is 5.91 Å². The van der Waals surface area contributed by atoms with Gasteiger partial charge in [-0.05, 0) is 43.6 Å². The molecule has 0 unspecified atom stereocenters. The molecule has 33 heavy (non-hydrogen) atoms. The first-order valence-corrected chi connectivity index (χ1v) is 12.3. The maximum atomic E-state index is 13.0. The lowest BCUT2D eigenvalue weighted by atomic mass is 10.1. The second-order valence-electron chi connectivity index (χ2n) is 7.57. The maximum Gasteiger partial charge on any atom is 0.255 e. The van der Waals surface area contributed by atoms with Gasteiger partial charge in [-0.25, -0.2) is 0 Å². The van der Waals surface area contributed by atoms with E-state index in [1.54, 1.807) is 47.8 Å². The van der Waals surface area contributed by atoms with Gasteiger partial charge in [-0.2, -0.15) is 11.8 Å². The summed E-state index contributed by atoms with van der Waals surface area (Å²) in [5.74, 6) is -0.274. The van der Waals surface area contributed by atoms with E-state index in [-0.39, 0.29) is 18.0 Å². The van der Waals surface area contributed by atoms with Gasteiger partial charge in [-0.1, -0.05) is 16.8 Å². The summed E-state index contributed by atoms with van der Waals surface area (Å²) in [5.41, 5.74) is 0.877. The molecule has 1 aromatic carbocycles. The minimum atomic E-state index is -0.817. The number of nitrogens with one attached hydrogen (secondary N) is 3. The molecule has 2 bridgehead atoms. The molecule has 178 valence electrons. The lowest BCUT2D eigenvalue weighted by molar-refractivity contribution is -0.129. The summed E-state index contributed by atoms with van der Waals surface area (Å²) in [4.78, 5) is 38.4. The lowest BCUT2D eigenvalue weighted by Crippen LogP contribution is -2.52. The van der Waals surface area contributed by atoms with E-state index < -0.39 is 23.9 Å². The largest absolute Gasteiger partial charge is 0.493 e. The number of aromatic nitrogens is 3. The number of ether oxygens (including phenoxy) is 1. The smallest absolute Gasteiger partial charge is 0.255 e. The summed E-state index contributed by atoms with van der Waals surface area (Å²) in [7, 11) is 0. The second kappa shape index (κ2) is 11.9. The Morgan fingerprint density at radius 2 is 2.06 bits per heavy atom. The molecule has 1 aromatic heterocycles. The van der Waals surface area contributed by atoms with Gasteiger partial charge in [0.05, 0.1) is 24.9 Å². The zero-order valence-electron chi connectivity index (χ0n) is 18.5. The van der Waals surface area contributed by atoms with Gasteiger partial charge >= 0.3 is 0 Å². The van der Waals surface area contributed by atoms with Crippen LogP contribution >= 0.6 is 23.4 Å². The Morgan fingerprint density at radius 1 is 1.24 bits per heavy atom. The van der Waals surface area contributed by atoms with E-state index >= 15 is 0 Å². The average molecular weight is 495 g/mol. The number of thioether (sulfide) groups is 1. The third kappa shape index (κ3) is 7.10. The molecular formula is C21H27ClN6O4S. The van der Waals surface area contributed by atoms with Crippen molar-refractivity contribution in [3.05, 3.63) is 40.7 Å². The molecule has 0 aliphatic carbocycles. The van der Waals surface area contributed by atoms with Gasteiger partial charge < -0.3 is 20.7 Å². The van der Waals surface area contributed by atoms with Crippen LogP contribution in [0.2, 0.25) is 5.02 Å². The predicted octanol–water partition coefficient (Wildman–Crippen LogP) is 1.39. The first kappa shape index (κ1) is 24.8. The molecule has 1 aliphatic heterocycles. The summed E-state index contributed by atoms with van der Waals surface area (Å²) in [6.07, 6.45) is 4.67. The number of benzene rings is 1. The molecule has 0 saturated heterocycles. The normalized spacial score (nSPS) is 20.4. The molecule has 0 radical (unpaired) electrons. The Bertz CT molecular complexity index is 1000. The molecule has 0 fully saturated rings. The summed E-state index contributed by atoms with van der Waals surface area (Å²) in [6, 6.07) is 3.12. The molecule has 12 heteroatoms. The first-order valence-electron chi connectivity index (χ1n) is 10.6. The Hall–Kier alpha value is -2.79. The van der Waals surface area contributed by atoms with Crippen LogP contribution in [0.5, 0.6) is 5.75 Å². The molecular weight excluding hydrogens is 468 g/mol. The predicted molar refractivity (Wildman–Crippen MR) is 125 cm³/mol. The van der Waals surface area contributed by atoms with Crippen molar-refractivity contribution in [1.82, 2.24) is 30.9 Å². The number of nitrogens with zero attached hydrogens (tertiary/aromatic N) is 3. The summed E-state index contributed by atoms with van der Waals surface area (Å²) >= 11 is 7.67. The fraction of sp³-hybridized carbons (Fsp3) is 0.476. The van der Waals surface area contributed by atoms with Crippen LogP contribution < -0.4 is 20.7 Å². The molecule has 0 spiro atoms. The van der Waals surface area contributed by atoms with Crippen molar-refractivity contribution in [2.24, 2.45) is 0 Å². The van der Waals surface area contributed by atoms with Gasteiger partial charge in [0.2, 0.25) is 11.8 Å². The zero-order valence-corrected chi connectivity index (χ0v) is 20.0. The van der Waals surface area contributed by atoms with Crippen LogP contribution in [0.15, 0.2) is 24.4 Å². The fourth-order valence-electron chi connectivity index (χ4n) is 3.19. The highest BCUT2D eigenvalue weighted by atomic mass is 35.5. The Balaban J connectivity index is 1.86. The van der Waals surface area contributed by atoms with Gasteiger partial charge in [0.1, 0.15) is 23.5 Å². The van der Waals surface area contributed by atoms with Gasteiger partial charge in [-0.3, -0.25) is 19.1 Å². The second-order valence-corrected chi connectivity index (χ2v) is 8.99. The minimum Gasteiger partial charge on any atom is -0.493 e. The number of hydrogen-bond acceptors (Lipinski definition) is 7. The monoisotopic (exact) mass is 494 g/mol. The number of carbonyl (C=O) groups excluding carboxylic acids is 3. The van der Waals surface area contributed by atoms with Crippen molar-refractivity contribution in [2.45, 2.75) is 44.9 Å². The standard InChI is InChI=1S/C21H27ClN6O4S/c1-13-19(29)23-11-15-12-28(27-26-15)7-3-8-32-18-10-14(22)4-5-16(18)20(30)25-17(6-9-33-2)21(31)24-13/h4-5,10,12-13,17H,3,6-9,11H2,1-2H3,(H,23,29)(H,24,31)(H,25,30)/t13-,17+/m1/s1. The molecule has 0 saturated carbocycles. The van der Waals surface area contributed by atoms with Crippen LogP contribution in [-0.2, 0) is 22.7 Å². The molecule has 3 amide bonds. The Morgan fingerprint density at radius 3 is 2.85 bits per heavy atom. The number of aryl methyl sites for hydroxylation is 1. The molecule has 3 N–H and O–H groups in total. The number of hydrogen-bond donors (Lipinski definition) is 3. The van der Waals surface area contributed by atoms with E-state index in [0.29, 0.717) is 48.2 Å². The number of halogens is 1. The highest BCUT2D eigenvalue weighted by Crippen LogP contribution is 2.24. The van der Waals surface area contributed by atoms with Crippen LogP contribution in [0.25, 0.3) is 0 Å². The highest BCUT2D eigenvalue weighted by Gasteiger charge is 2.26. The van der Waals surface area contributed by atoms with Crippen molar-refractivity contribution < 1.29 is 19.1 Å². The minimum absolute atomic E-state index is 0.189. The molecule has 10 nitrogen and oxygen atoms in total. The van der Waals surface area contributed by atoms with Crippen LogP contribution in [0.1, 0.15) is 35.8 Å². The summed E-state index contributed by atoms with van der Waals surface area (Å²) < 4.78 is 7.49. The first-order chi connectivity index (χ1) is 15.9. The molecule has 2 aromatic rings. The van der Waals surface area contributed by atoms with Gasteiger partial charge in [0, 0.05) is 18.0 Å². The Kier molecular flexibility index (Phi) is 8.95. The van der Waals surface area contributed by atoms with Crippen molar-refractivity contribution >= 4 is 41.1 Å². The number of amides is 3. The maximum absolute atomic E-state index is 13.0. The van der Waals surface area contributed by atoms with E-state index in [0.717, 1.165) is 0 Å². The molecule has 1 aliphatic rings. The van der Waals surface area contributed by atoms with E-state index in [1.807, 2.05) is 6.26 Å². The third-order valence-electron chi connectivity index (χ3n) is 4.99. The SMILES string of the molecule is CSCC[C@@H]1NC(=O)c2ccc(Cl)cc2OCCCn2cc(nn2)CNC(=O)[C@@H](C)NC1=O. The average Bonchev–Trinajstić information content (AvgIpc) is 3.24. The van der Waals surface area contributed by atoms with E-state index in [4.69, 9.17) is 16.3 Å². The number of carbonyl (C=O) groups is 3. The van der Waals surface area contributed by atoms with E-state index in [1.165, 1.54) is 0 Å². The van der Waals surface area contributed by atoms with Crippen LogP contribution in [0.3, 0.4) is 0 Å². The van der Waals surface area contributed by atoms with Crippen molar-refractivity contribution in [3.8, 4) is 5.75 Å². The highest BCUT2D eigenvalue weighted by molar-refractivity contribution is 7.98. The third-order valence-corrected chi connectivity index (χ3v) is 5.87. The summed E-state index contributed by atoms with van der Waals surface area (Å²) in [5, 5.41) is 16.7. The van der Waals surface area contributed by atoms with E-state index in [2.05, 4.69) is 26.3 Å². The van der Waals surface area contributed by atoms with Crippen molar-refractivity contribution in [1.29, 1.82) is 0 Å². The van der Waals surface area contributed by atoms with Gasteiger partial charge in [-0.15, -0.1) is 5.10 Å². The molecule has 2 atom stereocenters. The van der Waals surface area contributed by atoms with Crippen molar-refractivity contribution in [3.63, 3.8) is 0 Å². The number of rotatable bonds is 3. The fourth-order valence-corrected chi connectivity index (χ4v) is 3.82. The molecule has 3 rings (SSSR count). The molecule has 2 heterocycles. The number of fused-ring (bicyclic) bond motifs is 3. The van der Waals surface area contributed by atoms with Crippen LogP contribution in [0, 0.1) is 0 Å². The van der Waals surface area contributed by atoms with Crippen molar-refractivity contribution in [2.75, 3.05) is 18.6 Å². The van der Waals surface area contributed by atoms with E-state index in [9.17, 15) is 14.4 Å². The van der Waals surface area contributed by atoms with Gasteiger partial charge in [0.15, 0.2) is 0 Å². The topological polar surface area (TPSA) is 127 Å².